The van der Waals surface area contributed by atoms with Crippen molar-refractivity contribution in [2.24, 2.45) is 7.05 Å². The summed E-state index contributed by atoms with van der Waals surface area (Å²) in [5.74, 6) is 0.899. The highest BCUT2D eigenvalue weighted by Crippen LogP contribution is 2.32. The number of furan rings is 1. The lowest BCUT2D eigenvalue weighted by atomic mass is 10.0. The van der Waals surface area contributed by atoms with E-state index in [1.165, 1.54) is 5.56 Å². The number of halogens is 1. The van der Waals surface area contributed by atoms with Crippen molar-refractivity contribution in [2.75, 3.05) is 6.54 Å². The third-order valence-electron chi connectivity index (χ3n) is 3.17. The van der Waals surface area contributed by atoms with Crippen LogP contribution in [0.3, 0.4) is 0 Å². The van der Waals surface area contributed by atoms with Crippen molar-refractivity contribution in [1.29, 1.82) is 0 Å². The topological polar surface area (TPSA) is 43.0 Å². The third-order valence-corrected chi connectivity index (χ3v) is 3.82. The highest BCUT2D eigenvalue weighted by Gasteiger charge is 2.25. The Bertz CT molecular complexity index is 544. The summed E-state index contributed by atoms with van der Waals surface area (Å²) in [6.45, 7) is 7.07. The van der Waals surface area contributed by atoms with Crippen LogP contribution in [0.2, 0.25) is 0 Å². The van der Waals surface area contributed by atoms with E-state index in [2.05, 4.69) is 40.2 Å². The van der Waals surface area contributed by atoms with Crippen LogP contribution in [0.4, 0.5) is 0 Å². The standard InChI is InChI=1S/C13H18BrN3O/c1-5-15-12(13-10(14)6-7-18-13)11-8(2)16-17(4)9(11)3/h6-7,12,15H,5H2,1-4H3. The fourth-order valence-corrected chi connectivity index (χ4v) is 2.68. The Kier molecular flexibility index (Phi) is 3.92. The van der Waals surface area contributed by atoms with Gasteiger partial charge < -0.3 is 9.73 Å². The molecule has 0 saturated heterocycles. The molecular formula is C13H18BrN3O. The molecule has 0 aliphatic rings. The number of aromatic nitrogens is 2. The van der Waals surface area contributed by atoms with Gasteiger partial charge in [-0.05, 0) is 42.4 Å². The van der Waals surface area contributed by atoms with Gasteiger partial charge >= 0.3 is 0 Å². The van der Waals surface area contributed by atoms with E-state index in [1.54, 1.807) is 6.26 Å². The molecule has 0 fully saturated rings. The van der Waals surface area contributed by atoms with Gasteiger partial charge in [-0.3, -0.25) is 4.68 Å². The summed E-state index contributed by atoms with van der Waals surface area (Å²) in [6.07, 6.45) is 1.70. The second kappa shape index (κ2) is 5.28. The van der Waals surface area contributed by atoms with E-state index < -0.39 is 0 Å². The van der Waals surface area contributed by atoms with Gasteiger partial charge in [0.15, 0.2) is 0 Å². The van der Waals surface area contributed by atoms with Crippen molar-refractivity contribution in [3.63, 3.8) is 0 Å². The highest BCUT2D eigenvalue weighted by molar-refractivity contribution is 9.10. The van der Waals surface area contributed by atoms with Crippen molar-refractivity contribution in [3.05, 3.63) is 39.5 Å². The maximum atomic E-state index is 5.61. The molecule has 0 saturated carbocycles. The summed E-state index contributed by atoms with van der Waals surface area (Å²) in [4.78, 5) is 0. The molecule has 2 heterocycles. The zero-order valence-corrected chi connectivity index (χ0v) is 12.7. The van der Waals surface area contributed by atoms with Gasteiger partial charge in [0.05, 0.1) is 22.5 Å². The Morgan fingerprint density at radius 3 is 2.67 bits per heavy atom. The van der Waals surface area contributed by atoms with Crippen molar-refractivity contribution < 1.29 is 4.42 Å². The van der Waals surface area contributed by atoms with E-state index in [-0.39, 0.29) is 6.04 Å². The minimum Gasteiger partial charge on any atom is -0.466 e. The summed E-state index contributed by atoms with van der Waals surface area (Å²) in [5, 5.41) is 7.93. The monoisotopic (exact) mass is 311 g/mol. The maximum Gasteiger partial charge on any atom is 0.139 e. The predicted octanol–water partition coefficient (Wildman–Crippen LogP) is 3.09. The average molecular weight is 312 g/mol. The largest absolute Gasteiger partial charge is 0.466 e. The molecule has 4 nitrogen and oxygen atoms in total. The van der Waals surface area contributed by atoms with Crippen LogP contribution >= 0.6 is 15.9 Å². The van der Waals surface area contributed by atoms with Crippen molar-refractivity contribution in [1.82, 2.24) is 15.1 Å². The number of nitrogens with zero attached hydrogens (tertiary/aromatic N) is 2. The smallest absolute Gasteiger partial charge is 0.139 e. The van der Waals surface area contributed by atoms with Crippen molar-refractivity contribution in [3.8, 4) is 0 Å². The Labute approximate surface area is 115 Å². The first kappa shape index (κ1) is 13.4. The van der Waals surface area contributed by atoms with E-state index in [9.17, 15) is 0 Å². The first-order valence-electron chi connectivity index (χ1n) is 6.02. The summed E-state index contributed by atoms with van der Waals surface area (Å²) >= 11 is 3.53. The van der Waals surface area contributed by atoms with Gasteiger partial charge in [0.1, 0.15) is 5.76 Å². The summed E-state index contributed by atoms with van der Waals surface area (Å²) < 4.78 is 8.50. The number of aryl methyl sites for hydroxylation is 2. The SMILES string of the molecule is CCNC(c1occc1Br)c1c(C)nn(C)c1C. The van der Waals surface area contributed by atoms with Gasteiger partial charge in [0.2, 0.25) is 0 Å². The van der Waals surface area contributed by atoms with Crippen molar-refractivity contribution >= 4 is 15.9 Å². The maximum absolute atomic E-state index is 5.61. The quantitative estimate of drug-likeness (QED) is 0.943. The zero-order chi connectivity index (χ0) is 13.3. The molecule has 98 valence electrons. The first-order chi connectivity index (χ1) is 8.56. The molecule has 2 rings (SSSR count). The van der Waals surface area contributed by atoms with Crippen LogP contribution in [0, 0.1) is 13.8 Å². The number of hydrogen-bond acceptors (Lipinski definition) is 3. The number of rotatable bonds is 4. The Morgan fingerprint density at radius 1 is 1.50 bits per heavy atom. The lowest BCUT2D eigenvalue weighted by Gasteiger charge is -2.17. The first-order valence-corrected chi connectivity index (χ1v) is 6.81. The molecule has 0 aliphatic carbocycles. The van der Waals surface area contributed by atoms with Crippen LogP contribution in [-0.2, 0) is 7.05 Å². The van der Waals surface area contributed by atoms with Crippen LogP contribution in [0.1, 0.15) is 35.7 Å². The van der Waals surface area contributed by atoms with Gasteiger partial charge in [-0.1, -0.05) is 6.92 Å². The van der Waals surface area contributed by atoms with E-state index in [0.717, 1.165) is 28.2 Å². The molecule has 0 bridgehead atoms. The lowest BCUT2D eigenvalue weighted by molar-refractivity contribution is 0.448. The molecule has 18 heavy (non-hydrogen) atoms. The molecule has 1 unspecified atom stereocenters. The highest BCUT2D eigenvalue weighted by atomic mass is 79.9. The molecule has 0 amide bonds. The van der Waals surface area contributed by atoms with Gasteiger partial charge in [-0.25, -0.2) is 0 Å². The van der Waals surface area contributed by atoms with Crippen molar-refractivity contribution in [2.45, 2.75) is 26.8 Å². The Balaban J connectivity index is 2.51. The zero-order valence-electron chi connectivity index (χ0n) is 11.1. The lowest BCUT2D eigenvalue weighted by Crippen LogP contribution is -2.23. The fraction of sp³-hybridized carbons (Fsp3) is 0.462. The van der Waals surface area contributed by atoms with Gasteiger partial charge in [-0.2, -0.15) is 5.10 Å². The minimum atomic E-state index is 0.0353. The van der Waals surface area contributed by atoms with E-state index in [1.807, 2.05) is 24.7 Å². The Morgan fingerprint density at radius 2 is 2.22 bits per heavy atom. The van der Waals surface area contributed by atoms with Gasteiger partial charge in [0.25, 0.3) is 0 Å². The molecule has 1 atom stereocenters. The number of nitrogens with one attached hydrogen (secondary N) is 1. The molecular weight excluding hydrogens is 294 g/mol. The average Bonchev–Trinajstić information content (AvgIpc) is 2.83. The molecule has 1 N–H and O–H groups in total. The van der Waals surface area contributed by atoms with Crippen LogP contribution in [0.25, 0.3) is 0 Å². The summed E-state index contributed by atoms with van der Waals surface area (Å²) in [7, 11) is 1.96. The van der Waals surface area contributed by atoms with E-state index in [4.69, 9.17) is 4.42 Å². The molecule has 2 aromatic rings. The molecule has 0 aliphatic heterocycles. The van der Waals surface area contributed by atoms with E-state index >= 15 is 0 Å². The number of hydrogen-bond donors (Lipinski definition) is 1. The van der Waals surface area contributed by atoms with Crippen LogP contribution in [0.5, 0.6) is 0 Å². The normalized spacial score (nSPS) is 12.9. The second-order valence-electron chi connectivity index (χ2n) is 4.33. The Hall–Kier alpha value is -1.07. The molecule has 0 radical (unpaired) electrons. The summed E-state index contributed by atoms with van der Waals surface area (Å²) in [5.41, 5.74) is 3.38. The fourth-order valence-electron chi connectivity index (χ4n) is 2.25. The molecule has 0 spiro atoms. The van der Waals surface area contributed by atoms with Gasteiger partial charge in [-0.15, -0.1) is 0 Å². The molecule has 0 aromatic carbocycles. The second-order valence-corrected chi connectivity index (χ2v) is 5.19. The van der Waals surface area contributed by atoms with Crippen LogP contribution in [0.15, 0.2) is 21.2 Å². The molecule has 2 aromatic heterocycles. The predicted molar refractivity (Wildman–Crippen MR) is 74.6 cm³/mol. The minimum absolute atomic E-state index is 0.0353. The van der Waals surface area contributed by atoms with Crippen LogP contribution < -0.4 is 5.32 Å². The molecule has 5 heteroatoms. The summed E-state index contributed by atoms with van der Waals surface area (Å²) in [6, 6.07) is 1.95. The van der Waals surface area contributed by atoms with Crippen LogP contribution in [-0.4, -0.2) is 16.3 Å². The van der Waals surface area contributed by atoms with Gasteiger partial charge in [0, 0.05) is 18.3 Å². The van der Waals surface area contributed by atoms with E-state index in [0.29, 0.717) is 0 Å². The third kappa shape index (κ3) is 2.24.